The monoisotopic (exact) mass is 298 g/mol. The first-order chi connectivity index (χ1) is 9.71. The Hall–Kier alpha value is -1.10. The third-order valence-corrected chi connectivity index (χ3v) is 4.23. The van der Waals surface area contributed by atoms with Gasteiger partial charge in [-0.05, 0) is 32.6 Å². The fourth-order valence-electron chi connectivity index (χ4n) is 2.85. The molecule has 1 fully saturated rings. The van der Waals surface area contributed by atoms with Gasteiger partial charge < -0.3 is 15.0 Å². The predicted molar refractivity (Wildman–Crippen MR) is 82.9 cm³/mol. The number of piperazine rings is 1. The number of rotatable bonds is 7. The summed E-state index contributed by atoms with van der Waals surface area (Å²) in [5.41, 5.74) is -1.59. The first-order valence-electron chi connectivity index (χ1n) is 7.93. The number of ether oxygens (including phenoxy) is 1. The van der Waals surface area contributed by atoms with Gasteiger partial charge in [0.05, 0.1) is 6.61 Å². The number of nitrogens with one attached hydrogen (secondary N) is 1. The van der Waals surface area contributed by atoms with E-state index < -0.39 is 11.1 Å². The Bertz CT molecular complexity index is 387. The maximum Gasteiger partial charge on any atom is 0.248 e. The molecule has 0 aromatic heterocycles. The molecular formula is C16H30N2O3. The molecule has 0 aromatic carbocycles. The zero-order valence-electron chi connectivity index (χ0n) is 14.3. The lowest BCUT2D eigenvalue weighted by atomic mass is 9.83. The average molecular weight is 298 g/mol. The molecule has 1 N–H and O–H groups in total. The van der Waals surface area contributed by atoms with E-state index in [9.17, 15) is 9.59 Å². The Morgan fingerprint density at radius 3 is 2.24 bits per heavy atom. The van der Waals surface area contributed by atoms with Gasteiger partial charge in [0.2, 0.25) is 11.8 Å². The van der Waals surface area contributed by atoms with Crippen molar-refractivity contribution in [2.24, 2.45) is 5.92 Å². The van der Waals surface area contributed by atoms with E-state index in [0.29, 0.717) is 38.5 Å². The highest BCUT2D eigenvalue weighted by Gasteiger charge is 2.53. The van der Waals surface area contributed by atoms with E-state index in [4.69, 9.17) is 4.74 Å². The number of hydrogen-bond acceptors (Lipinski definition) is 3. The minimum Gasteiger partial charge on any atom is -0.379 e. The lowest BCUT2D eigenvalue weighted by Gasteiger charge is -2.50. The summed E-state index contributed by atoms with van der Waals surface area (Å²) in [6.07, 6.45) is 1.22. The van der Waals surface area contributed by atoms with E-state index >= 15 is 0 Å². The summed E-state index contributed by atoms with van der Waals surface area (Å²) in [7, 11) is 0. The van der Waals surface area contributed by atoms with Crippen molar-refractivity contribution in [3.63, 3.8) is 0 Å². The third-order valence-electron chi connectivity index (χ3n) is 4.23. The highest BCUT2D eigenvalue weighted by Crippen LogP contribution is 2.31. The van der Waals surface area contributed by atoms with Crippen molar-refractivity contribution < 1.29 is 14.3 Å². The summed E-state index contributed by atoms with van der Waals surface area (Å²) in [6, 6.07) is 0. The maximum atomic E-state index is 12.7. The second kappa shape index (κ2) is 6.77. The molecule has 1 aliphatic rings. The van der Waals surface area contributed by atoms with Crippen molar-refractivity contribution in [3.05, 3.63) is 0 Å². The van der Waals surface area contributed by atoms with Crippen LogP contribution < -0.4 is 5.32 Å². The average Bonchev–Trinajstić information content (AvgIpc) is 2.40. The summed E-state index contributed by atoms with van der Waals surface area (Å²) >= 11 is 0. The van der Waals surface area contributed by atoms with Gasteiger partial charge in [0.25, 0.3) is 0 Å². The third kappa shape index (κ3) is 3.57. The van der Waals surface area contributed by atoms with Crippen molar-refractivity contribution in [3.8, 4) is 0 Å². The van der Waals surface area contributed by atoms with Crippen LogP contribution in [0, 0.1) is 5.92 Å². The molecule has 1 rings (SSSR count). The van der Waals surface area contributed by atoms with Crippen LogP contribution in [0.5, 0.6) is 0 Å². The van der Waals surface area contributed by atoms with E-state index in [-0.39, 0.29) is 11.8 Å². The van der Waals surface area contributed by atoms with Crippen LogP contribution in [0.2, 0.25) is 0 Å². The van der Waals surface area contributed by atoms with E-state index in [1.807, 2.05) is 13.8 Å². The van der Waals surface area contributed by atoms with E-state index in [2.05, 4.69) is 19.2 Å². The smallest absolute Gasteiger partial charge is 0.248 e. The molecule has 21 heavy (non-hydrogen) atoms. The van der Waals surface area contributed by atoms with Crippen LogP contribution in [0.1, 0.15) is 54.4 Å². The van der Waals surface area contributed by atoms with Crippen LogP contribution >= 0.6 is 0 Å². The van der Waals surface area contributed by atoms with Crippen LogP contribution in [0.3, 0.4) is 0 Å². The van der Waals surface area contributed by atoms with E-state index in [1.54, 1.807) is 18.7 Å². The minimum absolute atomic E-state index is 0.0288. The summed E-state index contributed by atoms with van der Waals surface area (Å²) in [4.78, 5) is 27.0. The van der Waals surface area contributed by atoms with Crippen LogP contribution in [-0.2, 0) is 14.3 Å². The van der Waals surface area contributed by atoms with Gasteiger partial charge in [-0.3, -0.25) is 9.59 Å². The SMILES string of the molecule is CCC1(CC)C(=O)NC(C)(C)C(=O)N1CCOCC(C)C. The molecule has 0 spiro atoms. The highest BCUT2D eigenvalue weighted by atomic mass is 16.5. The Labute approximate surface area is 128 Å². The van der Waals surface area contributed by atoms with Gasteiger partial charge in [-0.25, -0.2) is 0 Å². The van der Waals surface area contributed by atoms with Crippen LogP contribution in [0.15, 0.2) is 0 Å². The molecule has 0 radical (unpaired) electrons. The number of amides is 2. The fraction of sp³-hybridized carbons (Fsp3) is 0.875. The van der Waals surface area contributed by atoms with Gasteiger partial charge in [0, 0.05) is 13.2 Å². The highest BCUT2D eigenvalue weighted by molar-refractivity contribution is 6.01. The molecule has 0 saturated carbocycles. The molecule has 2 amide bonds. The minimum atomic E-state index is -0.844. The maximum absolute atomic E-state index is 12.7. The fourth-order valence-corrected chi connectivity index (χ4v) is 2.85. The van der Waals surface area contributed by atoms with Gasteiger partial charge in [0.15, 0.2) is 0 Å². The molecule has 1 heterocycles. The molecule has 0 unspecified atom stereocenters. The van der Waals surface area contributed by atoms with Crippen molar-refractivity contribution in [2.45, 2.75) is 65.5 Å². The number of hydrogen-bond donors (Lipinski definition) is 1. The molecule has 5 heteroatoms. The summed E-state index contributed by atoms with van der Waals surface area (Å²) in [5, 5.41) is 2.87. The van der Waals surface area contributed by atoms with E-state index in [1.165, 1.54) is 0 Å². The molecular weight excluding hydrogens is 268 g/mol. The van der Waals surface area contributed by atoms with Gasteiger partial charge in [0.1, 0.15) is 11.1 Å². The first-order valence-corrected chi connectivity index (χ1v) is 7.93. The van der Waals surface area contributed by atoms with Gasteiger partial charge in [-0.1, -0.05) is 27.7 Å². The Morgan fingerprint density at radius 2 is 1.76 bits per heavy atom. The summed E-state index contributed by atoms with van der Waals surface area (Å²) in [6.45, 7) is 13.2. The molecule has 122 valence electrons. The molecule has 1 aliphatic heterocycles. The molecule has 0 bridgehead atoms. The molecule has 1 saturated heterocycles. The lowest BCUT2D eigenvalue weighted by molar-refractivity contribution is -0.163. The second-order valence-corrected chi connectivity index (χ2v) is 6.74. The van der Waals surface area contributed by atoms with Crippen molar-refractivity contribution in [1.29, 1.82) is 0 Å². The summed E-state index contributed by atoms with van der Waals surface area (Å²) in [5.74, 6) is 0.379. The molecule has 0 aromatic rings. The standard InChI is InChI=1S/C16H30N2O3/c1-7-16(8-2)13(19)17-15(5,6)14(20)18(16)9-10-21-11-12(3)4/h12H,7-11H2,1-6H3,(H,17,19). The van der Waals surface area contributed by atoms with Crippen LogP contribution in [-0.4, -0.2) is 47.6 Å². The molecule has 0 atom stereocenters. The van der Waals surface area contributed by atoms with Crippen molar-refractivity contribution in [2.75, 3.05) is 19.8 Å². The van der Waals surface area contributed by atoms with Crippen LogP contribution in [0.4, 0.5) is 0 Å². The topological polar surface area (TPSA) is 58.6 Å². The molecule has 5 nitrogen and oxygen atoms in total. The normalized spacial score (nSPS) is 20.8. The number of carbonyl (C=O) groups is 2. The number of carbonyl (C=O) groups excluding carboxylic acids is 2. The van der Waals surface area contributed by atoms with Gasteiger partial charge in [-0.15, -0.1) is 0 Å². The predicted octanol–water partition coefficient (Wildman–Crippen LogP) is 1.95. The Balaban J connectivity index is 2.90. The lowest BCUT2D eigenvalue weighted by Crippen LogP contribution is -2.74. The second-order valence-electron chi connectivity index (χ2n) is 6.74. The van der Waals surface area contributed by atoms with Gasteiger partial charge >= 0.3 is 0 Å². The van der Waals surface area contributed by atoms with Crippen molar-refractivity contribution in [1.82, 2.24) is 10.2 Å². The van der Waals surface area contributed by atoms with Crippen LogP contribution in [0.25, 0.3) is 0 Å². The quantitative estimate of drug-likeness (QED) is 0.731. The summed E-state index contributed by atoms with van der Waals surface area (Å²) < 4.78 is 5.61. The molecule has 0 aliphatic carbocycles. The van der Waals surface area contributed by atoms with E-state index in [0.717, 1.165) is 0 Å². The Morgan fingerprint density at radius 1 is 1.19 bits per heavy atom. The van der Waals surface area contributed by atoms with Gasteiger partial charge in [-0.2, -0.15) is 0 Å². The zero-order valence-corrected chi connectivity index (χ0v) is 14.3. The first kappa shape index (κ1) is 18.0. The van der Waals surface area contributed by atoms with Crippen molar-refractivity contribution >= 4 is 11.8 Å². The number of nitrogens with zero attached hydrogens (tertiary/aromatic N) is 1. The Kier molecular flexibility index (Phi) is 5.79. The largest absolute Gasteiger partial charge is 0.379 e. The zero-order chi connectivity index (χ0) is 16.3.